The summed E-state index contributed by atoms with van der Waals surface area (Å²) in [5, 5.41) is 8.72. The Morgan fingerprint density at radius 2 is 1.96 bits per heavy atom. The van der Waals surface area contributed by atoms with Gasteiger partial charge in [0.05, 0.1) is 23.3 Å². The molecule has 1 aliphatic heterocycles. The van der Waals surface area contributed by atoms with Gasteiger partial charge in [-0.05, 0) is 50.2 Å². The Bertz CT molecular complexity index is 838. The summed E-state index contributed by atoms with van der Waals surface area (Å²) in [5.74, 6) is 2.84. The predicted molar refractivity (Wildman–Crippen MR) is 99.0 cm³/mol. The number of fused-ring (bicyclic) bond motifs is 1. The maximum atomic E-state index is 5.46. The van der Waals surface area contributed by atoms with Gasteiger partial charge in [-0.1, -0.05) is 17.3 Å². The first-order chi connectivity index (χ1) is 12.8. The Balaban J connectivity index is 1.19. The van der Waals surface area contributed by atoms with Crippen LogP contribution in [-0.4, -0.2) is 38.2 Å². The van der Waals surface area contributed by atoms with Gasteiger partial charge >= 0.3 is 0 Å². The van der Waals surface area contributed by atoms with Crippen molar-refractivity contribution in [1.29, 1.82) is 0 Å². The smallest absolute Gasteiger partial charge is 0.110 e. The molecule has 0 bridgehead atoms. The van der Waals surface area contributed by atoms with E-state index in [2.05, 4.69) is 39.7 Å². The Kier molecular flexibility index (Phi) is 4.21. The van der Waals surface area contributed by atoms with Crippen LogP contribution in [0.15, 0.2) is 30.5 Å². The maximum absolute atomic E-state index is 5.46. The first kappa shape index (κ1) is 16.0. The van der Waals surface area contributed by atoms with Crippen LogP contribution in [0.2, 0.25) is 0 Å². The number of nitrogens with one attached hydrogen (secondary N) is 1. The average Bonchev–Trinajstić information content (AvgIpc) is 3.42. The largest absolute Gasteiger partial charge is 0.381 e. The zero-order valence-corrected chi connectivity index (χ0v) is 15.0. The van der Waals surface area contributed by atoms with Gasteiger partial charge in [-0.15, -0.1) is 5.10 Å². The van der Waals surface area contributed by atoms with Crippen molar-refractivity contribution in [3.05, 3.63) is 42.0 Å². The molecule has 6 heteroatoms. The molecule has 1 saturated carbocycles. The van der Waals surface area contributed by atoms with E-state index in [0.717, 1.165) is 48.7 Å². The molecule has 5 rings (SSSR count). The number of nitrogens with zero attached hydrogens (tertiary/aromatic N) is 4. The minimum Gasteiger partial charge on any atom is -0.381 e. The van der Waals surface area contributed by atoms with Gasteiger partial charge in [-0.3, -0.25) is 4.68 Å². The molecule has 1 aliphatic carbocycles. The monoisotopic (exact) mass is 351 g/mol. The van der Waals surface area contributed by atoms with Crippen molar-refractivity contribution in [2.24, 2.45) is 5.92 Å². The summed E-state index contributed by atoms with van der Waals surface area (Å²) in [5.41, 5.74) is 3.32. The SMILES string of the molecule is c1ccc2[nH]c(C3CCC(Cn4cc([C@H]5CCOC5)nn4)CC3)nc2c1. The molecule has 1 atom stereocenters. The zero-order valence-electron chi connectivity index (χ0n) is 15.0. The fourth-order valence-electron chi connectivity index (χ4n) is 4.41. The average molecular weight is 351 g/mol. The van der Waals surface area contributed by atoms with Crippen LogP contribution in [0.1, 0.15) is 55.5 Å². The zero-order chi connectivity index (χ0) is 17.3. The van der Waals surface area contributed by atoms with Crippen molar-refractivity contribution < 1.29 is 4.74 Å². The summed E-state index contributed by atoms with van der Waals surface area (Å²) in [4.78, 5) is 8.31. The van der Waals surface area contributed by atoms with Crippen molar-refractivity contribution in [2.45, 2.75) is 50.5 Å². The van der Waals surface area contributed by atoms with Crippen molar-refractivity contribution in [1.82, 2.24) is 25.0 Å². The third-order valence-electron chi connectivity index (χ3n) is 5.99. The molecule has 3 aromatic rings. The number of imidazole rings is 1. The second-order valence-corrected chi connectivity index (χ2v) is 7.78. The second kappa shape index (κ2) is 6.83. The van der Waals surface area contributed by atoms with Gasteiger partial charge in [-0.25, -0.2) is 4.98 Å². The Labute approximate surface area is 153 Å². The summed E-state index contributed by atoms with van der Waals surface area (Å²) < 4.78 is 7.50. The van der Waals surface area contributed by atoms with Crippen LogP contribution in [0.25, 0.3) is 11.0 Å². The number of H-pyrrole nitrogens is 1. The quantitative estimate of drug-likeness (QED) is 0.779. The Hall–Kier alpha value is -2.21. The highest BCUT2D eigenvalue weighted by molar-refractivity contribution is 5.74. The molecule has 26 heavy (non-hydrogen) atoms. The highest BCUT2D eigenvalue weighted by Crippen LogP contribution is 2.36. The van der Waals surface area contributed by atoms with Gasteiger partial charge in [-0.2, -0.15) is 0 Å². The molecular formula is C20H25N5O. The lowest BCUT2D eigenvalue weighted by Crippen LogP contribution is -2.19. The van der Waals surface area contributed by atoms with E-state index in [-0.39, 0.29) is 0 Å². The lowest BCUT2D eigenvalue weighted by atomic mass is 9.81. The molecule has 2 fully saturated rings. The molecule has 0 radical (unpaired) electrons. The molecule has 2 aliphatic rings. The molecule has 1 saturated heterocycles. The van der Waals surface area contributed by atoms with E-state index in [4.69, 9.17) is 9.72 Å². The first-order valence-corrected chi connectivity index (χ1v) is 9.77. The predicted octanol–water partition coefficient (Wildman–Crippen LogP) is 3.63. The van der Waals surface area contributed by atoms with Gasteiger partial charge in [0.2, 0.25) is 0 Å². The molecule has 1 aromatic carbocycles. The van der Waals surface area contributed by atoms with E-state index in [1.54, 1.807) is 0 Å². The Morgan fingerprint density at radius 3 is 2.77 bits per heavy atom. The van der Waals surface area contributed by atoms with Crippen LogP contribution >= 0.6 is 0 Å². The number of para-hydroxylation sites is 2. The molecule has 0 spiro atoms. The van der Waals surface area contributed by atoms with E-state index in [0.29, 0.717) is 17.8 Å². The van der Waals surface area contributed by atoms with Crippen LogP contribution < -0.4 is 0 Å². The molecule has 3 heterocycles. The second-order valence-electron chi connectivity index (χ2n) is 7.78. The lowest BCUT2D eigenvalue weighted by Gasteiger charge is -2.27. The number of rotatable bonds is 4. The highest BCUT2D eigenvalue weighted by atomic mass is 16.5. The van der Waals surface area contributed by atoms with Crippen LogP contribution in [0.3, 0.4) is 0 Å². The van der Waals surface area contributed by atoms with Gasteiger partial charge in [0.15, 0.2) is 0 Å². The molecule has 2 aromatic heterocycles. The fourth-order valence-corrected chi connectivity index (χ4v) is 4.41. The van der Waals surface area contributed by atoms with Crippen LogP contribution in [-0.2, 0) is 11.3 Å². The van der Waals surface area contributed by atoms with Crippen molar-refractivity contribution in [2.75, 3.05) is 13.2 Å². The summed E-state index contributed by atoms with van der Waals surface area (Å²) in [6.45, 7) is 2.62. The van der Waals surface area contributed by atoms with Crippen molar-refractivity contribution >= 4 is 11.0 Å². The van der Waals surface area contributed by atoms with Gasteiger partial charge in [0.25, 0.3) is 0 Å². The fraction of sp³-hybridized carbons (Fsp3) is 0.550. The summed E-state index contributed by atoms with van der Waals surface area (Å²) >= 11 is 0. The van der Waals surface area contributed by atoms with E-state index in [9.17, 15) is 0 Å². The van der Waals surface area contributed by atoms with E-state index in [1.807, 2.05) is 10.7 Å². The number of hydrogen-bond donors (Lipinski definition) is 1. The van der Waals surface area contributed by atoms with Crippen LogP contribution in [0.5, 0.6) is 0 Å². The minimum atomic E-state index is 0.438. The molecule has 136 valence electrons. The number of aromatic nitrogens is 5. The molecule has 6 nitrogen and oxygen atoms in total. The number of benzene rings is 1. The van der Waals surface area contributed by atoms with Gasteiger partial charge in [0, 0.05) is 31.2 Å². The molecule has 1 N–H and O–H groups in total. The number of ether oxygens (including phenoxy) is 1. The van der Waals surface area contributed by atoms with E-state index >= 15 is 0 Å². The van der Waals surface area contributed by atoms with Crippen LogP contribution in [0, 0.1) is 5.92 Å². The Morgan fingerprint density at radius 1 is 1.08 bits per heavy atom. The van der Waals surface area contributed by atoms with Crippen LogP contribution in [0.4, 0.5) is 0 Å². The van der Waals surface area contributed by atoms with Gasteiger partial charge < -0.3 is 9.72 Å². The summed E-state index contributed by atoms with van der Waals surface area (Å²) in [7, 11) is 0. The molecule has 0 unspecified atom stereocenters. The van der Waals surface area contributed by atoms with Crippen molar-refractivity contribution in [3.63, 3.8) is 0 Å². The minimum absolute atomic E-state index is 0.438. The molecule has 0 amide bonds. The maximum Gasteiger partial charge on any atom is 0.110 e. The topological polar surface area (TPSA) is 68.6 Å². The van der Waals surface area contributed by atoms with Crippen molar-refractivity contribution in [3.8, 4) is 0 Å². The third kappa shape index (κ3) is 3.14. The summed E-state index contributed by atoms with van der Waals surface area (Å²) in [6, 6.07) is 8.30. The third-order valence-corrected chi connectivity index (χ3v) is 5.99. The molecular weight excluding hydrogens is 326 g/mol. The number of aromatic amines is 1. The first-order valence-electron chi connectivity index (χ1n) is 9.77. The van der Waals surface area contributed by atoms with Gasteiger partial charge in [0.1, 0.15) is 5.82 Å². The normalized spacial score (nSPS) is 26.5. The lowest BCUT2D eigenvalue weighted by molar-refractivity contribution is 0.193. The van der Waals surface area contributed by atoms with E-state index < -0.39 is 0 Å². The number of hydrogen-bond acceptors (Lipinski definition) is 4. The standard InChI is InChI=1S/C20H25N5O/c1-2-4-18-17(3-1)21-20(22-18)15-7-5-14(6-8-15)11-25-12-19(23-24-25)16-9-10-26-13-16/h1-4,12,14-16H,5-11,13H2,(H,21,22)/t14?,15?,16-/m0/s1. The van der Waals surface area contributed by atoms with E-state index in [1.165, 1.54) is 25.7 Å². The highest BCUT2D eigenvalue weighted by Gasteiger charge is 2.26. The summed E-state index contributed by atoms with van der Waals surface area (Å²) in [6.07, 6.45) is 8.05.